The third kappa shape index (κ3) is 3.42. The van der Waals surface area contributed by atoms with E-state index in [9.17, 15) is 4.79 Å². The largest absolute Gasteiger partial charge is 0.397 e. The van der Waals surface area contributed by atoms with E-state index in [1.54, 1.807) is 6.20 Å². The minimum Gasteiger partial charge on any atom is -0.397 e. The number of amides is 1. The van der Waals surface area contributed by atoms with Gasteiger partial charge in [0.15, 0.2) is 0 Å². The first-order valence-corrected chi connectivity index (χ1v) is 7.40. The van der Waals surface area contributed by atoms with Gasteiger partial charge in [0.25, 0.3) is 0 Å². The Bertz CT molecular complexity index is 652. The zero-order valence-electron chi connectivity index (χ0n) is 11.9. The van der Waals surface area contributed by atoms with Crippen molar-refractivity contribution in [3.05, 3.63) is 30.5 Å². The molecular formula is C16H20N4O. The van der Waals surface area contributed by atoms with E-state index >= 15 is 0 Å². The summed E-state index contributed by atoms with van der Waals surface area (Å²) in [5, 5.41) is 7.37. The summed E-state index contributed by atoms with van der Waals surface area (Å²) < 4.78 is 0. The third-order valence-corrected chi connectivity index (χ3v) is 3.64. The Kier molecular flexibility index (Phi) is 3.90. The number of carbonyl (C=O) groups excluding carboxylic acids is 1. The van der Waals surface area contributed by atoms with Crippen LogP contribution < -0.4 is 16.4 Å². The normalized spacial score (nSPS) is 14.1. The number of nitrogens with two attached hydrogens (primary N) is 1. The van der Waals surface area contributed by atoms with Crippen LogP contribution in [-0.2, 0) is 4.79 Å². The molecule has 1 aliphatic carbocycles. The number of benzene rings is 1. The Morgan fingerprint density at radius 3 is 3.00 bits per heavy atom. The van der Waals surface area contributed by atoms with E-state index in [0.29, 0.717) is 18.2 Å². The number of aromatic nitrogens is 1. The van der Waals surface area contributed by atoms with Crippen molar-refractivity contribution in [3.8, 4) is 0 Å². The summed E-state index contributed by atoms with van der Waals surface area (Å²) in [5.41, 5.74) is 8.43. The second kappa shape index (κ2) is 5.99. The SMILES string of the molecule is Nc1cccc2c(NCCCC(=O)NC3CC3)ccnc12. The van der Waals surface area contributed by atoms with Crippen molar-refractivity contribution in [2.45, 2.75) is 31.7 Å². The molecular weight excluding hydrogens is 264 g/mol. The molecule has 1 amide bonds. The van der Waals surface area contributed by atoms with Crippen LogP contribution in [0.2, 0.25) is 0 Å². The maximum absolute atomic E-state index is 11.6. The van der Waals surface area contributed by atoms with E-state index in [2.05, 4.69) is 15.6 Å². The van der Waals surface area contributed by atoms with Gasteiger partial charge in [-0.1, -0.05) is 12.1 Å². The van der Waals surface area contributed by atoms with Crippen LogP contribution in [0.25, 0.3) is 10.9 Å². The monoisotopic (exact) mass is 284 g/mol. The fourth-order valence-electron chi connectivity index (χ4n) is 2.35. The molecule has 0 unspecified atom stereocenters. The lowest BCUT2D eigenvalue weighted by Gasteiger charge is -2.10. The number of anilines is 2. The van der Waals surface area contributed by atoms with Crippen LogP contribution in [0, 0.1) is 0 Å². The summed E-state index contributed by atoms with van der Waals surface area (Å²) in [7, 11) is 0. The molecule has 5 nitrogen and oxygen atoms in total. The highest BCUT2D eigenvalue weighted by Gasteiger charge is 2.22. The maximum atomic E-state index is 11.6. The number of hydrogen-bond donors (Lipinski definition) is 3. The van der Waals surface area contributed by atoms with Crippen LogP contribution in [0.1, 0.15) is 25.7 Å². The number of nitrogens with zero attached hydrogens (tertiary/aromatic N) is 1. The standard InChI is InChI=1S/C16H20N4O/c17-13-4-1-3-12-14(8-10-19-16(12)13)18-9-2-5-15(21)20-11-6-7-11/h1,3-4,8,10-11H,2,5-7,9,17H2,(H,18,19)(H,20,21). The van der Waals surface area contributed by atoms with Gasteiger partial charge in [0.05, 0.1) is 11.2 Å². The van der Waals surface area contributed by atoms with Crippen LogP contribution in [0.15, 0.2) is 30.5 Å². The van der Waals surface area contributed by atoms with Crippen molar-refractivity contribution < 1.29 is 4.79 Å². The van der Waals surface area contributed by atoms with Crippen molar-refractivity contribution in [3.63, 3.8) is 0 Å². The number of para-hydroxylation sites is 1. The molecule has 5 heteroatoms. The third-order valence-electron chi connectivity index (χ3n) is 3.64. The van der Waals surface area contributed by atoms with E-state index in [1.807, 2.05) is 24.3 Å². The van der Waals surface area contributed by atoms with Crippen LogP contribution in [0.5, 0.6) is 0 Å². The van der Waals surface area contributed by atoms with E-state index in [4.69, 9.17) is 5.73 Å². The molecule has 1 aliphatic rings. The summed E-state index contributed by atoms with van der Waals surface area (Å²) in [6, 6.07) is 8.15. The molecule has 1 fully saturated rings. The Balaban J connectivity index is 1.55. The molecule has 4 N–H and O–H groups in total. The molecule has 0 spiro atoms. The lowest BCUT2D eigenvalue weighted by atomic mass is 10.1. The van der Waals surface area contributed by atoms with E-state index in [1.165, 1.54) is 0 Å². The van der Waals surface area contributed by atoms with Crippen LogP contribution in [-0.4, -0.2) is 23.5 Å². The Labute approximate surface area is 123 Å². The number of nitrogens with one attached hydrogen (secondary N) is 2. The number of hydrogen-bond acceptors (Lipinski definition) is 4. The average Bonchev–Trinajstić information content (AvgIpc) is 3.28. The van der Waals surface area contributed by atoms with E-state index < -0.39 is 0 Å². The highest BCUT2D eigenvalue weighted by molar-refractivity contribution is 5.97. The minimum absolute atomic E-state index is 0.156. The molecule has 2 aromatic rings. The number of fused-ring (bicyclic) bond motifs is 1. The second-order valence-corrected chi connectivity index (χ2v) is 5.47. The number of rotatable bonds is 6. The van der Waals surface area contributed by atoms with Gasteiger partial charge in [0.2, 0.25) is 5.91 Å². The van der Waals surface area contributed by atoms with Crippen molar-refractivity contribution in [1.82, 2.24) is 10.3 Å². The van der Waals surface area contributed by atoms with Gasteiger partial charge in [-0.05, 0) is 31.4 Å². The molecule has 110 valence electrons. The lowest BCUT2D eigenvalue weighted by molar-refractivity contribution is -0.121. The molecule has 0 atom stereocenters. The summed E-state index contributed by atoms with van der Waals surface area (Å²) in [6.07, 6.45) is 5.39. The fourth-order valence-corrected chi connectivity index (χ4v) is 2.35. The van der Waals surface area contributed by atoms with Gasteiger partial charge in [-0.2, -0.15) is 0 Å². The molecule has 3 rings (SSSR count). The van der Waals surface area contributed by atoms with Crippen LogP contribution in [0.4, 0.5) is 11.4 Å². The summed E-state index contributed by atoms with van der Waals surface area (Å²) in [6.45, 7) is 0.756. The highest BCUT2D eigenvalue weighted by Crippen LogP contribution is 2.25. The van der Waals surface area contributed by atoms with Gasteiger partial charge in [-0.15, -0.1) is 0 Å². The smallest absolute Gasteiger partial charge is 0.220 e. The first-order chi connectivity index (χ1) is 10.2. The lowest BCUT2D eigenvalue weighted by Crippen LogP contribution is -2.25. The Morgan fingerprint density at radius 2 is 2.19 bits per heavy atom. The van der Waals surface area contributed by atoms with Crippen molar-refractivity contribution in [1.29, 1.82) is 0 Å². The molecule has 1 aromatic heterocycles. The molecule has 0 aliphatic heterocycles. The summed E-state index contributed by atoms with van der Waals surface area (Å²) in [5.74, 6) is 0.156. The molecule has 1 saturated carbocycles. The topological polar surface area (TPSA) is 80.0 Å². The number of pyridine rings is 1. The average molecular weight is 284 g/mol. The molecule has 21 heavy (non-hydrogen) atoms. The van der Waals surface area contributed by atoms with Crippen LogP contribution >= 0.6 is 0 Å². The maximum Gasteiger partial charge on any atom is 0.220 e. The second-order valence-electron chi connectivity index (χ2n) is 5.47. The molecule has 1 heterocycles. The first-order valence-electron chi connectivity index (χ1n) is 7.40. The quantitative estimate of drug-likeness (QED) is 0.561. The highest BCUT2D eigenvalue weighted by atomic mass is 16.1. The minimum atomic E-state index is 0.156. The number of carbonyl (C=O) groups is 1. The van der Waals surface area contributed by atoms with Gasteiger partial charge in [-0.3, -0.25) is 9.78 Å². The summed E-state index contributed by atoms with van der Waals surface area (Å²) in [4.78, 5) is 15.9. The van der Waals surface area contributed by atoms with Crippen molar-refractivity contribution in [2.75, 3.05) is 17.6 Å². The first kappa shape index (κ1) is 13.7. The fraction of sp³-hybridized carbons (Fsp3) is 0.375. The van der Waals surface area contributed by atoms with Gasteiger partial charge >= 0.3 is 0 Å². The van der Waals surface area contributed by atoms with Crippen molar-refractivity contribution >= 4 is 28.2 Å². The van der Waals surface area contributed by atoms with E-state index in [0.717, 1.165) is 42.4 Å². The summed E-state index contributed by atoms with van der Waals surface area (Å²) >= 11 is 0. The number of nitrogen functional groups attached to an aromatic ring is 1. The zero-order chi connectivity index (χ0) is 14.7. The molecule has 0 radical (unpaired) electrons. The molecule has 0 saturated heterocycles. The van der Waals surface area contributed by atoms with Gasteiger partial charge in [0.1, 0.15) is 0 Å². The molecule has 0 bridgehead atoms. The predicted molar refractivity (Wildman–Crippen MR) is 85.0 cm³/mol. The van der Waals surface area contributed by atoms with Gasteiger partial charge in [0, 0.05) is 36.3 Å². The van der Waals surface area contributed by atoms with Crippen LogP contribution in [0.3, 0.4) is 0 Å². The van der Waals surface area contributed by atoms with Gasteiger partial charge < -0.3 is 16.4 Å². The van der Waals surface area contributed by atoms with E-state index in [-0.39, 0.29) is 5.91 Å². The predicted octanol–water partition coefficient (Wildman–Crippen LogP) is 2.29. The zero-order valence-corrected chi connectivity index (χ0v) is 11.9. The Hall–Kier alpha value is -2.30. The van der Waals surface area contributed by atoms with Crippen molar-refractivity contribution in [2.24, 2.45) is 0 Å². The van der Waals surface area contributed by atoms with Gasteiger partial charge in [-0.25, -0.2) is 0 Å². The molecule has 1 aromatic carbocycles. The Morgan fingerprint density at radius 1 is 1.33 bits per heavy atom.